The van der Waals surface area contributed by atoms with Crippen molar-refractivity contribution in [2.24, 2.45) is 0 Å². The predicted molar refractivity (Wildman–Crippen MR) is 68.7 cm³/mol. The molecule has 0 saturated carbocycles. The van der Waals surface area contributed by atoms with E-state index in [0.29, 0.717) is 5.39 Å². The van der Waals surface area contributed by atoms with Crippen molar-refractivity contribution < 1.29 is 4.79 Å². The van der Waals surface area contributed by atoms with Crippen molar-refractivity contribution in [1.29, 1.82) is 0 Å². The highest BCUT2D eigenvalue weighted by molar-refractivity contribution is 7.18. The van der Waals surface area contributed by atoms with Crippen LogP contribution in [0.15, 0.2) is 11.1 Å². The van der Waals surface area contributed by atoms with Crippen LogP contribution in [0.5, 0.6) is 0 Å². The van der Waals surface area contributed by atoms with Gasteiger partial charge in [-0.15, -0.1) is 11.3 Å². The van der Waals surface area contributed by atoms with Gasteiger partial charge >= 0.3 is 0 Å². The Hall–Kier alpha value is -1.49. The number of Topliss-reactive ketones (excluding diaryl/α,β-unsaturated/α-hetero) is 1. The molecule has 0 amide bonds. The molecular weight excluding hydrogens is 236 g/mol. The highest BCUT2D eigenvalue weighted by atomic mass is 32.1. The third-order valence-electron chi connectivity index (χ3n) is 3.12. The Kier molecular flexibility index (Phi) is 2.87. The van der Waals surface area contributed by atoms with Crippen LogP contribution in [0.2, 0.25) is 0 Å². The van der Waals surface area contributed by atoms with E-state index in [2.05, 4.69) is 4.98 Å². The van der Waals surface area contributed by atoms with Gasteiger partial charge < -0.3 is 0 Å². The van der Waals surface area contributed by atoms with Crippen LogP contribution < -0.4 is 5.56 Å². The van der Waals surface area contributed by atoms with Crippen LogP contribution in [0, 0.1) is 13.8 Å². The first kappa shape index (κ1) is 12.0. The van der Waals surface area contributed by atoms with Crippen LogP contribution in [-0.4, -0.2) is 15.3 Å². The number of carbonyl (C=O) groups is 1. The van der Waals surface area contributed by atoms with E-state index in [1.807, 2.05) is 13.8 Å². The maximum atomic E-state index is 12.3. The molecule has 90 valence electrons. The van der Waals surface area contributed by atoms with E-state index < -0.39 is 6.04 Å². The summed E-state index contributed by atoms with van der Waals surface area (Å²) in [5.74, 6) is -0.0437. The summed E-state index contributed by atoms with van der Waals surface area (Å²) in [4.78, 5) is 29.7. The minimum atomic E-state index is -0.459. The molecule has 0 aliphatic carbocycles. The van der Waals surface area contributed by atoms with Gasteiger partial charge in [0.1, 0.15) is 4.83 Å². The van der Waals surface area contributed by atoms with Gasteiger partial charge in [0.2, 0.25) is 0 Å². The molecule has 1 unspecified atom stereocenters. The topological polar surface area (TPSA) is 52.0 Å². The monoisotopic (exact) mass is 250 g/mol. The lowest BCUT2D eigenvalue weighted by atomic mass is 10.2. The Labute approximate surface area is 103 Å². The van der Waals surface area contributed by atoms with E-state index in [-0.39, 0.29) is 11.3 Å². The smallest absolute Gasteiger partial charge is 0.263 e. The largest absolute Gasteiger partial charge is 0.298 e. The lowest BCUT2D eigenvalue weighted by Crippen LogP contribution is -2.27. The molecule has 2 aromatic rings. The van der Waals surface area contributed by atoms with E-state index in [4.69, 9.17) is 0 Å². The highest BCUT2D eigenvalue weighted by Crippen LogP contribution is 2.25. The molecule has 17 heavy (non-hydrogen) atoms. The number of fused-ring (bicyclic) bond motifs is 1. The maximum Gasteiger partial charge on any atom is 0.263 e. The lowest BCUT2D eigenvalue weighted by molar-refractivity contribution is -0.119. The van der Waals surface area contributed by atoms with Crippen LogP contribution in [-0.2, 0) is 4.79 Å². The molecule has 2 aromatic heterocycles. The summed E-state index contributed by atoms with van der Waals surface area (Å²) in [7, 11) is 0. The first-order valence-electron chi connectivity index (χ1n) is 5.40. The standard InChI is InChI=1S/C12H14N2O2S/c1-6-9(4)17-11-10(6)12(16)14(5-13-11)7(2)8(3)15/h5,7H,1-4H3. The van der Waals surface area contributed by atoms with Crippen LogP contribution in [0.4, 0.5) is 0 Å². The van der Waals surface area contributed by atoms with E-state index in [1.54, 1.807) is 6.92 Å². The molecule has 4 nitrogen and oxygen atoms in total. The number of thiophene rings is 1. The van der Waals surface area contributed by atoms with E-state index in [0.717, 1.165) is 15.3 Å². The van der Waals surface area contributed by atoms with E-state index >= 15 is 0 Å². The third kappa shape index (κ3) is 1.80. The van der Waals surface area contributed by atoms with Crippen molar-refractivity contribution in [1.82, 2.24) is 9.55 Å². The van der Waals surface area contributed by atoms with Gasteiger partial charge in [0.05, 0.1) is 17.8 Å². The second-order valence-corrected chi connectivity index (χ2v) is 5.41. The molecule has 2 heterocycles. The molecule has 0 fully saturated rings. The Morgan fingerprint density at radius 2 is 2.12 bits per heavy atom. The zero-order valence-corrected chi connectivity index (χ0v) is 11.1. The molecule has 5 heteroatoms. The molecule has 0 radical (unpaired) electrons. The number of hydrogen-bond donors (Lipinski definition) is 0. The Morgan fingerprint density at radius 3 is 2.71 bits per heavy atom. The number of aryl methyl sites for hydroxylation is 2. The van der Waals surface area contributed by atoms with Gasteiger partial charge in [-0.1, -0.05) is 0 Å². The van der Waals surface area contributed by atoms with Crippen molar-refractivity contribution in [2.45, 2.75) is 33.7 Å². The molecule has 1 atom stereocenters. The molecule has 0 aromatic carbocycles. The zero-order valence-electron chi connectivity index (χ0n) is 10.3. The summed E-state index contributed by atoms with van der Waals surface area (Å²) in [6.45, 7) is 7.08. The number of carbonyl (C=O) groups excluding carboxylic acids is 1. The zero-order chi connectivity index (χ0) is 12.7. The van der Waals surface area contributed by atoms with Crippen LogP contribution in [0.3, 0.4) is 0 Å². The first-order chi connectivity index (χ1) is 7.93. The van der Waals surface area contributed by atoms with Crippen molar-refractivity contribution in [3.05, 3.63) is 27.1 Å². The molecule has 0 aliphatic rings. The Morgan fingerprint density at radius 1 is 1.47 bits per heavy atom. The van der Waals surface area contributed by atoms with Crippen LogP contribution >= 0.6 is 11.3 Å². The van der Waals surface area contributed by atoms with E-state index in [9.17, 15) is 9.59 Å². The van der Waals surface area contributed by atoms with Crippen molar-refractivity contribution >= 4 is 27.3 Å². The number of rotatable bonds is 2. The van der Waals surface area contributed by atoms with Gasteiger partial charge in [-0.05, 0) is 33.3 Å². The second-order valence-electron chi connectivity index (χ2n) is 4.21. The van der Waals surface area contributed by atoms with Gasteiger partial charge in [0.25, 0.3) is 5.56 Å². The SMILES string of the molecule is CC(=O)C(C)n1cnc2sc(C)c(C)c2c1=O. The normalized spacial score (nSPS) is 12.9. The number of hydrogen-bond acceptors (Lipinski definition) is 4. The lowest BCUT2D eigenvalue weighted by Gasteiger charge is -2.10. The van der Waals surface area contributed by atoms with Gasteiger partial charge in [0, 0.05) is 4.88 Å². The van der Waals surface area contributed by atoms with Crippen molar-refractivity contribution in [2.75, 3.05) is 0 Å². The predicted octanol–water partition coefficient (Wildman–Crippen LogP) is 2.22. The highest BCUT2D eigenvalue weighted by Gasteiger charge is 2.16. The Bertz CT molecular complexity index is 654. The van der Waals surface area contributed by atoms with Gasteiger partial charge in [-0.2, -0.15) is 0 Å². The first-order valence-corrected chi connectivity index (χ1v) is 6.22. The minimum Gasteiger partial charge on any atom is -0.298 e. The molecule has 2 rings (SSSR count). The summed E-state index contributed by atoms with van der Waals surface area (Å²) in [5.41, 5.74) is 0.840. The second kappa shape index (κ2) is 4.07. The molecular formula is C12H14N2O2S. The molecule has 0 bridgehead atoms. The fraction of sp³-hybridized carbons (Fsp3) is 0.417. The molecule has 0 spiro atoms. The Balaban J connectivity index is 2.78. The average Bonchev–Trinajstić information content (AvgIpc) is 2.55. The van der Waals surface area contributed by atoms with Gasteiger partial charge in [-0.25, -0.2) is 4.98 Å². The van der Waals surface area contributed by atoms with Gasteiger partial charge in [-0.3, -0.25) is 14.2 Å². The molecule has 0 saturated heterocycles. The maximum absolute atomic E-state index is 12.3. The molecule has 0 N–H and O–H groups in total. The quantitative estimate of drug-likeness (QED) is 0.821. The van der Waals surface area contributed by atoms with Crippen LogP contribution in [0.25, 0.3) is 10.2 Å². The minimum absolute atomic E-state index is 0.0437. The number of ketones is 1. The summed E-state index contributed by atoms with van der Waals surface area (Å²) in [5, 5.41) is 0.642. The number of aromatic nitrogens is 2. The van der Waals surface area contributed by atoms with Crippen molar-refractivity contribution in [3.8, 4) is 0 Å². The summed E-state index contributed by atoms with van der Waals surface area (Å²) in [6, 6.07) is -0.459. The summed E-state index contributed by atoms with van der Waals surface area (Å²) < 4.78 is 1.41. The van der Waals surface area contributed by atoms with Crippen LogP contribution in [0.1, 0.15) is 30.3 Å². The third-order valence-corrected chi connectivity index (χ3v) is 4.24. The van der Waals surface area contributed by atoms with Crippen molar-refractivity contribution in [3.63, 3.8) is 0 Å². The van der Waals surface area contributed by atoms with Gasteiger partial charge in [0.15, 0.2) is 5.78 Å². The summed E-state index contributed by atoms with van der Waals surface area (Å²) in [6.07, 6.45) is 1.46. The summed E-state index contributed by atoms with van der Waals surface area (Å²) >= 11 is 1.51. The number of nitrogens with zero attached hydrogens (tertiary/aromatic N) is 2. The fourth-order valence-corrected chi connectivity index (χ4v) is 2.71. The average molecular weight is 250 g/mol. The molecule has 0 aliphatic heterocycles. The van der Waals surface area contributed by atoms with E-state index in [1.165, 1.54) is 29.2 Å². The fourth-order valence-electron chi connectivity index (χ4n) is 1.72.